The fourth-order valence-corrected chi connectivity index (χ4v) is 4.77. The average Bonchev–Trinajstić information content (AvgIpc) is 3.24. The Kier molecular flexibility index (Phi) is 7.19. The minimum absolute atomic E-state index is 0.0281. The van der Waals surface area contributed by atoms with E-state index >= 15 is 0 Å². The number of carbonyl (C=O) groups excluding carboxylic acids is 1. The molecule has 2 aromatic rings. The van der Waals surface area contributed by atoms with Gasteiger partial charge in [-0.3, -0.25) is 4.79 Å². The van der Waals surface area contributed by atoms with Crippen LogP contribution in [0.3, 0.4) is 0 Å². The predicted molar refractivity (Wildman–Crippen MR) is 117 cm³/mol. The van der Waals surface area contributed by atoms with Gasteiger partial charge in [-0.2, -0.15) is 26.3 Å². The number of ether oxygens (including phenoxy) is 1. The Morgan fingerprint density at radius 2 is 1.56 bits per heavy atom. The van der Waals surface area contributed by atoms with Gasteiger partial charge in [0, 0.05) is 37.2 Å². The van der Waals surface area contributed by atoms with Gasteiger partial charge in [0.25, 0.3) is 0 Å². The molecule has 0 amide bonds. The largest absolute Gasteiger partial charge is 0.416 e. The van der Waals surface area contributed by atoms with Crippen LogP contribution < -0.4 is 0 Å². The summed E-state index contributed by atoms with van der Waals surface area (Å²) in [6.45, 7) is 2.34. The van der Waals surface area contributed by atoms with Gasteiger partial charge >= 0.3 is 12.4 Å². The molecule has 1 aliphatic carbocycles. The number of alkyl halides is 6. The number of piperidine rings is 1. The Morgan fingerprint density at radius 3 is 2.08 bits per heavy atom. The summed E-state index contributed by atoms with van der Waals surface area (Å²) in [6.07, 6.45) is -8.50. The van der Waals surface area contributed by atoms with Crippen LogP contribution in [-0.2, 0) is 21.9 Å². The molecule has 1 saturated heterocycles. The highest BCUT2D eigenvalue weighted by Gasteiger charge is 2.38. The van der Waals surface area contributed by atoms with Crippen molar-refractivity contribution in [3.05, 3.63) is 82.3 Å². The maximum Gasteiger partial charge on any atom is 0.416 e. The Labute approximate surface area is 203 Å². The Bertz CT molecular complexity index is 1110. The number of hydrogen-bond donors (Lipinski definition) is 0. The van der Waals surface area contributed by atoms with Crippen molar-refractivity contribution in [2.45, 2.75) is 56.7 Å². The predicted octanol–water partition coefficient (Wildman–Crippen LogP) is 7.05. The number of halogens is 7. The van der Waals surface area contributed by atoms with Gasteiger partial charge in [0.15, 0.2) is 5.78 Å². The number of likely N-dealkylation sites (tertiary alicyclic amines) is 1. The summed E-state index contributed by atoms with van der Waals surface area (Å²) >= 11 is 0. The van der Waals surface area contributed by atoms with Crippen molar-refractivity contribution in [1.82, 2.24) is 4.90 Å². The molecule has 3 atom stereocenters. The highest BCUT2D eigenvalue weighted by atomic mass is 19.4. The molecule has 10 heteroatoms. The molecule has 0 N–H and O–H groups in total. The molecule has 0 aromatic heterocycles. The number of carbonyl (C=O) groups is 1. The molecule has 0 spiro atoms. The molecule has 1 heterocycles. The first-order chi connectivity index (χ1) is 16.8. The summed E-state index contributed by atoms with van der Waals surface area (Å²) in [5.74, 6) is -0.753. The van der Waals surface area contributed by atoms with Gasteiger partial charge in [0.2, 0.25) is 0 Å². The standard InChI is InChI=1S/C26H24F7NO2/c1-15(17-10-18(25(28,29)30)12-19(11-17)26(31,32)33)36-24-8-9-34(21-6-7-22(35)13-21)14-23(24)16-2-4-20(27)5-3-16/h2-5,10-13,15,23-24H,6-9,14H2,1H3/t15-,23-,24+/m1/s1. The van der Waals surface area contributed by atoms with Crippen molar-refractivity contribution in [1.29, 1.82) is 0 Å². The average molecular weight is 515 g/mol. The lowest BCUT2D eigenvalue weighted by Gasteiger charge is -2.41. The topological polar surface area (TPSA) is 29.5 Å². The van der Waals surface area contributed by atoms with Crippen LogP contribution >= 0.6 is 0 Å². The lowest BCUT2D eigenvalue weighted by atomic mass is 9.87. The zero-order valence-electron chi connectivity index (χ0n) is 19.3. The number of benzene rings is 2. The van der Waals surface area contributed by atoms with Crippen molar-refractivity contribution in [2.75, 3.05) is 13.1 Å². The second kappa shape index (κ2) is 9.88. The molecule has 36 heavy (non-hydrogen) atoms. The van der Waals surface area contributed by atoms with Crippen LogP contribution in [0, 0.1) is 5.82 Å². The van der Waals surface area contributed by atoms with E-state index in [1.807, 2.05) is 4.90 Å². The smallest absolute Gasteiger partial charge is 0.374 e. The van der Waals surface area contributed by atoms with Gasteiger partial charge in [-0.25, -0.2) is 4.39 Å². The first-order valence-electron chi connectivity index (χ1n) is 11.5. The van der Waals surface area contributed by atoms with E-state index < -0.39 is 41.5 Å². The van der Waals surface area contributed by atoms with Crippen LogP contribution in [-0.4, -0.2) is 29.9 Å². The minimum atomic E-state index is -4.95. The lowest BCUT2D eigenvalue weighted by Crippen LogP contribution is -2.42. The van der Waals surface area contributed by atoms with Crippen molar-refractivity contribution < 1.29 is 40.3 Å². The quantitative estimate of drug-likeness (QED) is 0.400. The molecule has 0 bridgehead atoms. The van der Waals surface area contributed by atoms with Crippen molar-refractivity contribution >= 4 is 5.78 Å². The summed E-state index contributed by atoms with van der Waals surface area (Å²) in [4.78, 5) is 13.8. The van der Waals surface area contributed by atoms with Gasteiger partial charge in [0.1, 0.15) is 5.82 Å². The number of hydrogen-bond acceptors (Lipinski definition) is 3. The molecule has 0 saturated carbocycles. The van der Waals surface area contributed by atoms with Crippen LogP contribution in [0.4, 0.5) is 30.7 Å². The van der Waals surface area contributed by atoms with E-state index in [9.17, 15) is 35.5 Å². The number of nitrogens with zero attached hydrogens (tertiary/aromatic N) is 1. The summed E-state index contributed by atoms with van der Waals surface area (Å²) < 4.78 is 99.6. The molecule has 0 unspecified atom stereocenters. The van der Waals surface area contributed by atoms with E-state index in [0.29, 0.717) is 44.5 Å². The zero-order chi connectivity index (χ0) is 26.3. The first kappa shape index (κ1) is 26.2. The molecule has 2 aliphatic rings. The van der Waals surface area contributed by atoms with Crippen LogP contribution in [0.5, 0.6) is 0 Å². The van der Waals surface area contributed by atoms with E-state index in [0.717, 1.165) is 11.3 Å². The van der Waals surface area contributed by atoms with Crippen molar-refractivity contribution in [3.63, 3.8) is 0 Å². The van der Waals surface area contributed by atoms with Crippen molar-refractivity contribution in [3.8, 4) is 0 Å². The van der Waals surface area contributed by atoms with E-state index in [1.165, 1.54) is 19.1 Å². The second-order valence-corrected chi connectivity index (χ2v) is 9.15. The Hall–Kier alpha value is -2.88. The molecule has 1 fully saturated rings. The van der Waals surface area contributed by atoms with Crippen LogP contribution in [0.2, 0.25) is 0 Å². The Morgan fingerprint density at radius 1 is 0.944 bits per heavy atom. The monoisotopic (exact) mass is 515 g/mol. The van der Waals surface area contributed by atoms with Gasteiger partial charge < -0.3 is 9.64 Å². The highest BCUT2D eigenvalue weighted by molar-refractivity contribution is 5.92. The van der Waals surface area contributed by atoms with Crippen molar-refractivity contribution in [2.24, 2.45) is 0 Å². The van der Waals surface area contributed by atoms with E-state index in [1.54, 1.807) is 18.2 Å². The minimum Gasteiger partial charge on any atom is -0.374 e. The van der Waals surface area contributed by atoms with Crippen LogP contribution in [0.15, 0.2) is 54.2 Å². The fraction of sp³-hybridized carbons (Fsp3) is 0.423. The zero-order valence-corrected chi connectivity index (χ0v) is 19.3. The molecule has 4 rings (SSSR count). The van der Waals surface area contributed by atoms with E-state index in [-0.39, 0.29) is 23.3 Å². The number of allylic oxidation sites excluding steroid dienone is 2. The van der Waals surface area contributed by atoms with Crippen LogP contribution in [0.25, 0.3) is 0 Å². The lowest BCUT2D eigenvalue weighted by molar-refractivity contribution is -0.143. The highest BCUT2D eigenvalue weighted by Crippen LogP contribution is 2.40. The summed E-state index contributed by atoms with van der Waals surface area (Å²) in [5.41, 5.74) is -1.42. The molecule has 2 aromatic carbocycles. The molecule has 194 valence electrons. The molecule has 0 radical (unpaired) electrons. The van der Waals surface area contributed by atoms with Gasteiger partial charge in [0.05, 0.1) is 23.3 Å². The van der Waals surface area contributed by atoms with Gasteiger partial charge in [-0.15, -0.1) is 0 Å². The third-order valence-electron chi connectivity index (χ3n) is 6.67. The van der Waals surface area contributed by atoms with E-state index in [4.69, 9.17) is 4.74 Å². The normalized spacial score (nSPS) is 22.1. The molecule has 1 aliphatic heterocycles. The number of ketones is 1. The fourth-order valence-electron chi connectivity index (χ4n) is 4.77. The first-order valence-corrected chi connectivity index (χ1v) is 11.5. The summed E-state index contributed by atoms with van der Waals surface area (Å²) in [5, 5.41) is 0. The maximum atomic E-state index is 13.5. The number of rotatable bonds is 5. The second-order valence-electron chi connectivity index (χ2n) is 9.15. The van der Waals surface area contributed by atoms with Gasteiger partial charge in [-0.05, 0) is 61.2 Å². The van der Waals surface area contributed by atoms with Crippen LogP contribution in [0.1, 0.15) is 60.5 Å². The third kappa shape index (κ3) is 5.91. The van der Waals surface area contributed by atoms with E-state index in [2.05, 4.69) is 0 Å². The third-order valence-corrected chi connectivity index (χ3v) is 6.67. The maximum absolute atomic E-state index is 13.5. The molecule has 3 nitrogen and oxygen atoms in total. The SMILES string of the molecule is C[C@@H](O[C@H]1CCN(C2=CC(=O)CC2)C[C@@H]1c1ccc(F)cc1)c1cc(C(F)(F)F)cc(C(F)(F)F)c1. The summed E-state index contributed by atoms with van der Waals surface area (Å²) in [7, 11) is 0. The molecular formula is C26H24F7NO2. The Balaban J connectivity index is 1.62. The van der Waals surface area contributed by atoms with Gasteiger partial charge in [-0.1, -0.05) is 12.1 Å². The molecular weight excluding hydrogens is 491 g/mol. The summed E-state index contributed by atoms with van der Waals surface area (Å²) in [6, 6.07) is 7.20.